The molecule has 9 heteroatoms. The van der Waals surface area contributed by atoms with Gasteiger partial charge in [-0.05, 0) is 66.8 Å². The largest absolute Gasteiger partial charge is 0.462 e. The van der Waals surface area contributed by atoms with Crippen molar-refractivity contribution in [1.29, 1.82) is 0 Å². The smallest absolute Gasteiger partial charge is 0.338 e. The third kappa shape index (κ3) is 5.82. The van der Waals surface area contributed by atoms with Crippen molar-refractivity contribution >= 4 is 41.0 Å². The third-order valence-corrected chi connectivity index (χ3v) is 6.52. The Balaban J connectivity index is 1.29. The van der Waals surface area contributed by atoms with Gasteiger partial charge < -0.3 is 14.8 Å². The maximum absolute atomic E-state index is 12.9. The number of rotatable bonds is 8. The normalized spacial score (nSPS) is 20.3. The Morgan fingerprint density at radius 2 is 1.53 bits per heavy atom. The predicted molar refractivity (Wildman–Crippen MR) is 139 cm³/mol. The van der Waals surface area contributed by atoms with Gasteiger partial charge in [-0.25, -0.2) is 9.59 Å². The molecule has 1 heterocycles. The van der Waals surface area contributed by atoms with E-state index in [0.717, 1.165) is 0 Å². The average molecular weight is 519 g/mol. The van der Waals surface area contributed by atoms with E-state index in [1.165, 1.54) is 41.3 Å². The molecule has 0 radical (unpaired) electrons. The van der Waals surface area contributed by atoms with Crippen LogP contribution in [0, 0.1) is 23.7 Å². The summed E-state index contributed by atoms with van der Waals surface area (Å²) in [6.45, 7) is 5.61. The minimum Gasteiger partial charge on any atom is -0.462 e. The van der Waals surface area contributed by atoms with Gasteiger partial charge in [0.05, 0.1) is 35.3 Å². The highest BCUT2D eigenvalue weighted by atomic mass is 16.5. The van der Waals surface area contributed by atoms with Gasteiger partial charge in [-0.3, -0.25) is 19.3 Å². The van der Waals surface area contributed by atoms with Gasteiger partial charge in [-0.1, -0.05) is 32.9 Å². The number of ether oxygens (including phenoxy) is 2. The number of imide groups is 1. The van der Waals surface area contributed by atoms with Crippen molar-refractivity contribution in [1.82, 2.24) is 0 Å². The second kappa shape index (κ2) is 11.4. The topological polar surface area (TPSA) is 119 Å². The zero-order valence-electron chi connectivity index (χ0n) is 21.5. The molecule has 1 saturated heterocycles. The van der Waals surface area contributed by atoms with Crippen molar-refractivity contribution in [3.05, 3.63) is 71.8 Å². The maximum Gasteiger partial charge on any atom is 0.338 e. The molecule has 2 aliphatic rings. The number of nitrogens with one attached hydrogen (secondary N) is 1. The summed E-state index contributed by atoms with van der Waals surface area (Å²) in [6.07, 6.45) is 4.44. The fraction of sp³-hybridized carbons (Fsp3) is 0.345. The molecule has 38 heavy (non-hydrogen) atoms. The quantitative estimate of drug-likeness (QED) is 0.319. The van der Waals surface area contributed by atoms with Crippen LogP contribution in [0.3, 0.4) is 0 Å². The van der Waals surface area contributed by atoms with E-state index in [9.17, 15) is 24.0 Å². The maximum atomic E-state index is 12.9. The molecule has 0 bridgehead atoms. The zero-order valence-corrected chi connectivity index (χ0v) is 21.5. The van der Waals surface area contributed by atoms with Crippen LogP contribution in [0.5, 0.6) is 0 Å². The minimum absolute atomic E-state index is 0.0141. The Bertz CT molecular complexity index is 1260. The van der Waals surface area contributed by atoms with Crippen LogP contribution >= 0.6 is 0 Å². The summed E-state index contributed by atoms with van der Waals surface area (Å²) in [6, 6.07) is 12.1. The molecule has 0 aromatic heterocycles. The van der Waals surface area contributed by atoms with Crippen LogP contribution in [0.2, 0.25) is 0 Å². The molecule has 0 unspecified atom stereocenters. The van der Waals surface area contributed by atoms with E-state index in [-0.39, 0.29) is 41.0 Å². The summed E-state index contributed by atoms with van der Waals surface area (Å²) >= 11 is 0. The summed E-state index contributed by atoms with van der Waals surface area (Å²) in [5, 5.41) is 2.59. The van der Waals surface area contributed by atoms with Gasteiger partial charge in [-0.2, -0.15) is 0 Å². The Morgan fingerprint density at radius 1 is 0.921 bits per heavy atom. The van der Waals surface area contributed by atoms with Crippen LogP contribution in [0.1, 0.15) is 47.9 Å². The van der Waals surface area contributed by atoms with Crippen molar-refractivity contribution < 1.29 is 33.4 Å². The standard InChI is InChI=1S/C29H30N2O7/c1-17(2)15-37-28(35)19-7-11-21(12-8-19)30-24(32)16-38-29(36)20-9-13-22(14-10-20)31-26(33)23-6-4-5-18(3)25(23)27(31)34/h4-5,7-14,17-18,23,25H,6,15-16H2,1-3H3,(H,30,32)/t18-,23-,25-/m1/s1. The first-order valence-electron chi connectivity index (χ1n) is 12.5. The lowest BCUT2D eigenvalue weighted by Crippen LogP contribution is -2.31. The second-order valence-electron chi connectivity index (χ2n) is 9.91. The molecule has 198 valence electrons. The van der Waals surface area contributed by atoms with Crippen molar-refractivity contribution in [3.63, 3.8) is 0 Å². The molecule has 1 fully saturated rings. The number of carbonyl (C=O) groups is 5. The number of hydrogen-bond acceptors (Lipinski definition) is 7. The number of benzene rings is 2. The second-order valence-corrected chi connectivity index (χ2v) is 9.91. The van der Waals surface area contributed by atoms with Crippen molar-refractivity contribution in [3.8, 4) is 0 Å². The summed E-state index contributed by atoms with van der Waals surface area (Å²) < 4.78 is 10.3. The Hall–Kier alpha value is -4.27. The SMILES string of the molecule is CC(C)COC(=O)c1ccc(NC(=O)COC(=O)c2ccc(N3C(=O)[C@@H]4[C@H](C)C=CC[C@H]4C3=O)cc2)cc1. The van der Waals surface area contributed by atoms with Crippen LogP contribution < -0.4 is 10.2 Å². The predicted octanol–water partition coefficient (Wildman–Crippen LogP) is 4.00. The van der Waals surface area contributed by atoms with Gasteiger partial charge in [0.15, 0.2) is 6.61 Å². The number of allylic oxidation sites excluding steroid dienone is 2. The first-order chi connectivity index (χ1) is 18.2. The van der Waals surface area contributed by atoms with E-state index in [1.54, 1.807) is 12.1 Å². The third-order valence-electron chi connectivity index (χ3n) is 6.52. The Labute approximate surface area is 220 Å². The number of fused-ring (bicyclic) bond motifs is 1. The molecular weight excluding hydrogens is 488 g/mol. The van der Waals surface area contributed by atoms with E-state index >= 15 is 0 Å². The van der Waals surface area contributed by atoms with E-state index in [4.69, 9.17) is 9.47 Å². The highest BCUT2D eigenvalue weighted by Crippen LogP contribution is 2.40. The van der Waals surface area contributed by atoms with Crippen molar-refractivity contribution in [2.45, 2.75) is 27.2 Å². The number of hydrogen-bond donors (Lipinski definition) is 1. The van der Waals surface area contributed by atoms with Crippen LogP contribution in [0.4, 0.5) is 11.4 Å². The van der Waals surface area contributed by atoms with Crippen LogP contribution in [-0.2, 0) is 23.9 Å². The van der Waals surface area contributed by atoms with Gasteiger partial charge in [0.1, 0.15) is 0 Å². The average Bonchev–Trinajstić information content (AvgIpc) is 3.16. The molecule has 9 nitrogen and oxygen atoms in total. The van der Waals surface area contributed by atoms with E-state index < -0.39 is 24.5 Å². The van der Waals surface area contributed by atoms with Crippen molar-refractivity contribution in [2.24, 2.45) is 23.7 Å². The van der Waals surface area contributed by atoms with E-state index in [1.807, 2.05) is 32.9 Å². The van der Waals surface area contributed by atoms with Crippen LogP contribution in [0.25, 0.3) is 0 Å². The summed E-state index contributed by atoms with van der Waals surface area (Å²) in [7, 11) is 0. The molecule has 2 aromatic carbocycles. The van der Waals surface area contributed by atoms with E-state index in [2.05, 4.69) is 5.32 Å². The van der Waals surface area contributed by atoms with Gasteiger partial charge in [0.2, 0.25) is 11.8 Å². The number of amides is 3. The van der Waals surface area contributed by atoms with Gasteiger partial charge in [0, 0.05) is 5.69 Å². The Kier molecular flexibility index (Phi) is 8.05. The highest BCUT2D eigenvalue weighted by molar-refractivity contribution is 6.22. The van der Waals surface area contributed by atoms with E-state index in [0.29, 0.717) is 30.0 Å². The first-order valence-corrected chi connectivity index (χ1v) is 12.5. The summed E-state index contributed by atoms with van der Waals surface area (Å²) in [4.78, 5) is 63.6. The van der Waals surface area contributed by atoms with Gasteiger partial charge >= 0.3 is 11.9 Å². The monoisotopic (exact) mass is 518 g/mol. The number of carbonyl (C=O) groups excluding carboxylic acids is 5. The number of anilines is 2. The fourth-order valence-corrected chi connectivity index (χ4v) is 4.58. The van der Waals surface area contributed by atoms with Gasteiger partial charge in [0.25, 0.3) is 5.91 Å². The molecular formula is C29H30N2O7. The lowest BCUT2D eigenvalue weighted by atomic mass is 9.78. The number of esters is 2. The fourth-order valence-electron chi connectivity index (χ4n) is 4.58. The zero-order chi connectivity index (χ0) is 27.4. The molecule has 1 aliphatic heterocycles. The molecule has 3 amide bonds. The molecule has 1 aliphatic carbocycles. The lowest BCUT2D eigenvalue weighted by molar-refractivity contribution is -0.123. The molecule has 0 saturated carbocycles. The van der Waals surface area contributed by atoms with Crippen LogP contribution in [-0.4, -0.2) is 42.9 Å². The van der Waals surface area contributed by atoms with Crippen LogP contribution in [0.15, 0.2) is 60.7 Å². The summed E-state index contributed by atoms with van der Waals surface area (Å²) in [5.74, 6) is -2.70. The van der Waals surface area contributed by atoms with Crippen molar-refractivity contribution in [2.75, 3.05) is 23.4 Å². The Morgan fingerprint density at radius 3 is 2.13 bits per heavy atom. The molecule has 1 N–H and O–H groups in total. The first kappa shape index (κ1) is 26.8. The van der Waals surface area contributed by atoms with Gasteiger partial charge in [-0.15, -0.1) is 0 Å². The highest BCUT2D eigenvalue weighted by Gasteiger charge is 2.50. The lowest BCUT2D eigenvalue weighted by Gasteiger charge is -2.22. The summed E-state index contributed by atoms with van der Waals surface area (Å²) in [5.41, 5.74) is 1.37. The molecule has 3 atom stereocenters. The molecule has 4 rings (SSSR count). The molecule has 2 aromatic rings. The minimum atomic E-state index is -0.722. The number of nitrogens with zero attached hydrogens (tertiary/aromatic N) is 1. The molecule has 0 spiro atoms.